The fourth-order valence-corrected chi connectivity index (χ4v) is 3.72. The number of aryl methyl sites for hydroxylation is 1. The molecule has 0 radical (unpaired) electrons. The van der Waals surface area contributed by atoms with Crippen molar-refractivity contribution in [1.29, 1.82) is 0 Å². The molecule has 0 fully saturated rings. The minimum atomic E-state index is 0.564. The summed E-state index contributed by atoms with van der Waals surface area (Å²) < 4.78 is 7.29. The molecule has 0 aliphatic heterocycles. The molecule has 0 saturated heterocycles. The van der Waals surface area contributed by atoms with Gasteiger partial charge >= 0.3 is 0 Å². The molecule has 2 aromatic heterocycles. The third-order valence-electron chi connectivity index (χ3n) is 4.42. The summed E-state index contributed by atoms with van der Waals surface area (Å²) in [5.74, 6) is 1.31. The summed E-state index contributed by atoms with van der Waals surface area (Å²) in [7, 11) is 1.61. The minimum Gasteiger partial charge on any atom is -0.495 e. The van der Waals surface area contributed by atoms with Crippen molar-refractivity contribution in [1.82, 2.24) is 14.4 Å². The molecule has 0 atom stereocenters. The molecule has 6 heteroatoms. The number of nitrogens with zero attached hydrogens (tertiary/aromatic N) is 3. The van der Waals surface area contributed by atoms with Crippen molar-refractivity contribution in [3.05, 3.63) is 65.4 Å². The topological polar surface area (TPSA) is 39.4 Å². The summed E-state index contributed by atoms with van der Waals surface area (Å²) in [6, 6.07) is 16.1. The van der Waals surface area contributed by atoms with Gasteiger partial charge in [0.15, 0.2) is 0 Å². The predicted molar refractivity (Wildman–Crippen MR) is 112 cm³/mol. The molecule has 27 heavy (non-hydrogen) atoms. The lowest BCUT2D eigenvalue weighted by atomic mass is 10.0. The van der Waals surface area contributed by atoms with E-state index in [1.54, 1.807) is 18.9 Å². The van der Waals surface area contributed by atoms with Crippen molar-refractivity contribution in [3.8, 4) is 28.3 Å². The Bertz CT molecular complexity index is 1120. The van der Waals surface area contributed by atoms with Crippen LogP contribution in [0.2, 0.25) is 5.02 Å². The lowest BCUT2D eigenvalue weighted by Gasteiger charge is -2.09. The van der Waals surface area contributed by atoms with Crippen LogP contribution in [0.3, 0.4) is 0 Å². The number of aromatic nitrogens is 3. The van der Waals surface area contributed by atoms with Gasteiger partial charge in [-0.1, -0.05) is 23.7 Å². The monoisotopic (exact) mass is 395 g/mol. The van der Waals surface area contributed by atoms with Crippen LogP contribution in [0.15, 0.2) is 59.6 Å². The van der Waals surface area contributed by atoms with E-state index in [1.807, 2.05) is 41.8 Å². The third kappa shape index (κ3) is 3.29. The molecule has 4 nitrogen and oxygen atoms in total. The normalized spacial score (nSPS) is 11.1. The molecule has 0 spiro atoms. The Morgan fingerprint density at radius 2 is 1.74 bits per heavy atom. The van der Waals surface area contributed by atoms with Gasteiger partial charge in [0.05, 0.1) is 23.5 Å². The maximum Gasteiger partial charge on any atom is 0.235 e. The second kappa shape index (κ2) is 7.25. The fraction of sp³-hybridized carbons (Fsp3) is 0.143. The van der Waals surface area contributed by atoms with Gasteiger partial charge in [0.25, 0.3) is 0 Å². The summed E-state index contributed by atoms with van der Waals surface area (Å²) in [6.45, 7) is 1.96. The average Bonchev–Trinajstić information content (AvgIpc) is 3.06. The van der Waals surface area contributed by atoms with Crippen LogP contribution >= 0.6 is 23.4 Å². The van der Waals surface area contributed by atoms with E-state index in [1.165, 1.54) is 4.90 Å². The summed E-state index contributed by atoms with van der Waals surface area (Å²) in [5.41, 5.74) is 4.76. The third-order valence-corrected chi connectivity index (χ3v) is 5.46. The Morgan fingerprint density at radius 3 is 2.41 bits per heavy atom. The minimum absolute atomic E-state index is 0.564. The first-order valence-corrected chi connectivity index (χ1v) is 10.0. The molecule has 4 aromatic rings. The Labute approximate surface area is 167 Å². The first-order valence-electron chi connectivity index (χ1n) is 8.44. The average molecular weight is 396 g/mol. The van der Waals surface area contributed by atoms with Gasteiger partial charge in [0, 0.05) is 27.9 Å². The van der Waals surface area contributed by atoms with Gasteiger partial charge in [-0.15, -0.1) is 11.8 Å². The van der Waals surface area contributed by atoms with Crippen LogP contribution in [0.1, 0.15) is 5.69 Å². The maximum atomic E-state index is 6.39. The quantitative estimate of drug-likeness (QED) is 0.412. The summed E-state index contributed by atoms with van der Waals surface area (Å²) in [5, 5.41) is 0.564. The van der Waals surface area contributed by atoms with Crippen LogP contribution in [-0.2, 0) is 0 Å². The van der Waals surface area contributed by atoms with Crippen LogP contribution in [-0.4, -0.2) is 27.7 Å². The van der Waals surface area contributed by atoms with Gasteiger partial charge in [-0.25, -0.2) is 9.97 Å². The number of hydrogen-bond donors (Lipinski definition) is 0. The van der Waals surface area contributed by atoms with Crippen LogP contribution < -0.4 is 4.74 Å². The Balaban J connectivity index is 1.97. The number of thioether (sulfide) groups is 1. The summed E-state index contributed by atoms with van der Waals surface area (Å²) >= 11 is 8.10. The van der Waals surface area contributed by atoms with E-state index in [0.29, 0.717) is 16.5 Å². The molecule has 0 bridgehead atoms. The molecular formula is C21H18ClN3OS. The second-order valence-corrected chi connectivity index (χ2v) is 7.41. The van der Waals surface area contributed by atoms with Crippen molar-refractivity contribution in [2.75, 3.05) is 13.4 Å². The number of hydrogen-bond acceptors (Lipinski definition) is 4. The highest BCUT2D eigenvalue weighted by molar-refractivity contribution is 7.98. The van der Waals surface area contributed by atoms with Crippen LogP contribution in [0, 0.1) is 6.92 Å². The number of methoxy groups -OCH3 is 1. The van der Waals surface area contributed by atoms with Gasteiger partial charge < -0.3 is 4.74 Å². The van der Waals surface area contributed by atoms with Gasteiger partial charge in [0.2, 0.25) is 5.78 Å². The molecule has 2 aromatic carbocycles. The zero-order chi connectivity index (χ0) is 19.0. The van der Waals surface area contributed by atoms with E-state index in [-0.39, 0.29) is 0 Å². The number of rotatable bonds is 4. The van der Waals surface area contributed by atoms with Crippen molar-refractivity contribution in [3.63, 3.8) is 0 Å². The highest BCUT2D eigenvalue weighted by Crippen LogP contribution is 2.36. The smallest absolute Gasteiger partial charge is 0.235 e. The van der Waals surface area contributed by atoms with Crippen molar-refractivity contribution < 1.29 is 4.74 Å². The molecular weight excluding hydrogens is 378 g/mol. The highest BCUT2D eigenvalue weighted by Gasteiger charge is 2.18. The van der Waals surface area contributed by atoms with E-state index >= 15 is 0 Å². The standard InChI is InChI=1S/C21H18ClN3OS/c1-13-10-11-25-20(15-6-9-18(26-2)17(22)12-15)19(24-21(25)23-13)14-4-7-16(27-3)8-5-14/h4-12H,1-3H3. The molecule has 136 valence electrons. The van der Waals surface area contributed by atoms with Crippen molar-refractivity contribution >= 4 is 29.1 Å². The molecule has 0 amide bonds. The molecule has 0 aliphatic rings. The molecule has 0 aliphatic carbocycles. The van der Waals surface area contributed by atoms with Crippen LogP contribution in [0.5, 0.6) is 5.75 Å². The number of benzene rings is 2. The van der Waals surface area contributed by atoms with E-state index in [9.17, 15) is 0 Å². The zero-order valence-corrected chi connectivity index (χ0v) is 16.8. The van der Waals surface area contributed by atoms with E-state index in [0.717, 1.165) is 28.2 Å². The van der Waals surface area contributed by atoms with Crippen molar-refractivity contribution in [2.45, 2.75) is 11.8 Å². The maximum absolute atomic E-state index is 6.39. The molecule has 0 N–H and O–H groups in total. The van der Waals surface area contributed by atoms with Crippen molar-refractivity contribution in [2.24, 2.45) is 0 Å². The SMILES string of the molecule is COc1ccc(-c2c(-c3ccc(SC)cc3)nc3nc(C)ccn23)cc1Cl. The largest absolute Gasteiger partial charge is 0.495 e. The Hall–Kier alpha value is -2.50. The summed E-state index contributed by atoms with van der Waals surface area (Å²) in [4.78, 5) is 10.6. The Kier molecular flexibility index (Phi) is 4.81. The molecule has 4 rings (SSSR count). The lowest BCUT2D eigenvalue weighted by Crippen LogP contribution is -1.93. The number of ether oxygens (including phenoxy) is 1. The fourth-order valence-electron chi connectivity index (χ4n) is 3.06. The second-order valence-electron chi connectivity index (χ2n) is 6.13. The zero-order valence-electron chi connectivity index (χ0n) is 15.2. The molecule has 0 unspecified atom stereocenters. The Morgan fingerprint density at radius 1 is 1.00 bits per heavy atom. The number of imidazole rings is 1. The highest BCUT2D eigenvalue weighted by atomic mass is 35.5. The number of fused-ring (bicyclic) bond motifs is 1. The molecule has 0 saturated carbocycles. The van der Waals surface area contributed by atoms with E-state index < -0.39 is 0 Å². The van der Waals surface area contributed by atoms with Gasteiger partial charge in [-0.3, -0.25) is 4.40 Å². The number of halogens is 1. The first-order chi connectivity index (χ1) is 13.1. The summed E-state index contributed by atoms with van der Waals surface area (Å²) in [6.07, 6.45) is 4.06. The van der Waals surface area contributed by atoms with Crippen LogP contribution in [0.25, 0.3) is 28.3 Å². The van der Waals surface area contributed by atoms with Gasteiger partial charge in [-0.2, -0.15) is 0 Å². The first kappa shape index (κ1) is 17.9. The lowest BCUT2D eigenvalue weighted by molar-refractivity contribution is 0.415. The predicted octanol–water partition coefficient (Wildman–Crippen LogP) is 5.76. The van der Waals surface area contributed by atoms with Gasteiger partial charge in [0.1, 0.15) is 5.75 Å². The van der Waals surface area contributed by atoms with E-state index in [4.69, 9.17) is 21.3 Å². The van der Waals surface area contributed by atoms with E-state index in [2.05, 4.69) is 35.5 Å². The molecule has 2 heterocycles. The van der Waals surface area contributed by atoms with Crippen LogP contribution in [0.4, 0.5) is 0 Å². The van der Waals surface area contributed by atoms with Gasteiger partial charge in [-0.05, 0) is 49.6 Å².